The molecule has 2 N–H and O–H groups in total. The lowest BCUT2D eigenvalue weighted by Gasteiger charge is -2.47. The summed E-state index contributed by atoms with van der Waals surface area (Å²) in [5.74, 6) is 0.982. The number of urea groups is 1. The van der Waals surface area contributed by atoms with Crippen LogP contribution in [0.2, 0.25) is 5.02 Å². The number of anilines is 2. The van der Waals surface area contributed by atoms with Crippen molar-refractivity contribution in [3.63, 3.8) is 0 Å². The van der Waals surface area contributed by atoms with Gasteiger partial charge in [-0.3, -0.25) is 4.79 Å². The molecule has 0 bridgehead atoms. The second-order valence-corrected chi connectivity index (χ2v) is 11.9. The van der Waals surface area contributed by atoms with Gasteiger partial charge in [0.25, 0.3) is 0 Å². The summed E-state index contributed by atoms with van der Waals surface area (Å²) >= 11 is 6.43. The van der Waals surface area contributed by atoms with Gasteiger partial charge in [-0.25, -0.2) is 19.2 Å². The van der Waals surface area contributed by atoms with Gasteiger partial charge in [0.1, 0.15) is 17.9 Å². The highest BCUT2D eigenvalue weighted by Gasteiger charge is 2.41. The molecular formula is C35H39ClFN5O6. The van der Waals surface area contributed by atoms with Crippen molar-refractivity contribution < 1.29 is 32.9 Å². The minimum Gasteiger partial charge on any atom is -0.493 e. The van der Waals surface area contributed by atoms with Gasteiger partial charge < -0.3 is 34.5 Å². The summed E-state index contributed by atoms with van der Waals surface area (Å²) in [6.07, 6.45) is 3.56. The number of hydrogen-bond donors (Lipinski definition) is 2. The van der Waals surface area contributed by atoms with Gasteiger partial charge in [-0.1, -0.05) is 31.5 Å². The largest absolute Gasteiger partial charge is 0.493 e. The minimum atomic E-state index is -0.653. The number of aryl methyl sites for hydroxylation is 1. The molecule has 2 saturated heterocycles. The van der Waals surface area contributed by atoms with Crippen molar-refractivity contribution in [2.45, 2.75) is 40.0 Å². The standard InChI is InChI=1S/C33H33ClFN5O6.C2H6/c1-20-3-5-24(35)27(13-20)39-32(42)38-25-6-4-21(14-23(25)34)46-31-22-15-28(43-2)29(16-26(22)36-19-37-31)45-12-7-30(41)40-10-8-33(9-11-40)17-44-18-33;1-2/h3-6,13-16,19H,7-12,17-18H2,1-2H3,(H2,38,39,42);1-2H3. The van der Waals surface area contributed by atoms with Gasteiger partial charge in [0.2, 0.25) is 11.8 Å². The molecule has 2 fully saturated rings. The van der Waals surface area contributed by atoms with Crippen LogP contribution in [0.5, 0.6) is 23.1 Å². The Morgan fingerprint density at radius 1 is 1.00 bits per heavy atom. The molecule has 11 nitrogen and oxygen atoms in total. The van der Waals surface area contributed by atoms with Gasteiger partial charge in [-0.15, -0.1) is 0 Å². The summed E-state index contributed by atoms with van der Waals surface area (Å²) in [7, 11) is 1.52. The molecule has 3 heterocycles. The zero-order valence-electron chi connectivity index (χ0n) is 27.4. The third kappa shape index (κ3) is 8.06. The predicted octanol–water partition coefficient (Wildman–Crippen LogP) is 7.61. The quantitative estimate of drug-likeness (QED) is 0.185. The summed E-state index contributed by atoms with van der Waals surface area (Å²) in [5.41, 5.74) is 1.96. The molecule has 48 heavy (non-hydrogen) atoms. The Balaban J connectivity index is 0.00000221. The van der Waals surface area contributed by atoms with Crippen LogP contribution in [0.25, 0.3) is 10.9 Å². The molecule has 6 rings (SSSR count). The third-order valence-corrected chi connectivity index (χ3v) is 8.54. The maximum atomic E-state index is 14.0. The number of ether oxygens (including phenoxy) is 4. The number of rotatable bonds is 9. The first kappa shape index (κ1) is 34.6. The second-order valence-electron chi connectivity index (χ2n) is 11.5. The average Bonchev–Trinajstić information content (AvgIpc) is 3.07. The summed E-state index contributed by atoms with van der Waals surface area (Å²) in [6, 6.07) is 11.9. The maximum absolute atomic E-state index is 14.0. The van der Waals surface area contributed by atoms with E-state index in [1.165, 1.54) is 31.6 Å². The average molecular weight is 680 g/mol. The van der Waals surface area contributed by atoms with E-state index in [2.05, 4.69) is 20.6 Å². The van der Waals surface area contributed by atoms with Crippen LogP contribution in [0.4, 0.5) is 20.6 Å². The van der Waals surface area contributed by atoms with Crippen molar-refractivity contribution in [2.75, 3.05) is 50.7 Å². The Hall–Kier alpha value is -4.68. The molecule has 0 unspecified atom stereocenters. The molecule has 3 amide bonds. The van der Waals surface area contributed by atoms with Crippen LogP contribution >= 0.6 is 11.6 Å². The number of carbonyl (C=O) groups excluding carboxylic acids is 2. The number of carbonyl (C=O) groups is 2. The van der Waals surface area contributed by atoms with Crippen molar-refractivity contribution in [3.8, 4) is 23.1 Å². The number of methoxy groups -OCH3 is 1. The van der Waals surface area contributed by atoms with E-state index < -0.39 is 11.8 Å². The SMILES string of the molecule is CC.COc1cc2c(Oc3ccc(NC(=O)Nc4cc(C)ccc4F)c(Cl)c3)ncnc2cc1OCCC(=O)N1CCC2(CC1)COC2. The van der Waals surface area contributed by atoms with E-state index in [4.69, 9.17) is 30.5 Å². The van der Waals surface area contributed by atoms with Crippen molar-refractivity contribution in [1.29, 1.82) is 0 Å². The first-order valence-electron chi connectivity index (χ1n) is 15.8. The summed E-state index contributed by atoms with van der Waals surface area (Å²) < 4.78 is 37.0. The van der Waals surface area contributed by atoms with Gasteiger partial charge in [-0.2, -0.15) is 0 Å². The molecule has 2 aliphatic rings. The van der Waals surface area contributed by atoms with E-state index in [0.29, 0.717) is 33.8 Å². The Kier molecular flexibility index (Phi) is 11.2. The van der Waals surface area contributed by atoms with E-state index in [0.717, 1.165) is 44.7 Å². The number of hydrogen-bond acceptors (Lipinski definition) is 8. The minimum absolute atomic E-state index is 0.0527. The lowest BCUT2D eigenvalue weighted by molar-refractivity contribution is -0.153. The fourth-order valence-electron chi connectivity index (χ4n) is 5.49. The number of nitrogens with one attached hydrogen (secondary N) is 2. The molecule has 1 aromatic heterocycles. The van der Waals surface area contributed by atoms with Gasteiger partial charge in [0, 0.05) is 30.6 Å². The topological polar surface area (TPSA) is 124 Å². The van der Waals surface area contributed by atoms with Crippen molar-refractivity contribution in [2.24, 2.45) is 5.41 Å². The zero-order valence-corrected chi connectivity index (χ0v) is 28.2. The monoisotopic (exact) mass is 679 g/mol. The maximum Gasteiger partial charge on any atom is 0.323 e. The number of halogens is 2. The van der Waals surface area contributed by atoms with Crippen LogP contribution in [0.15, 0.2) is 54.9 Å². The molecule has 0 aliphatic carbocycles. The number of aromatic nitrogens is 2. The number of fused-ring (bicyclic) bond motifs is 1. The predicted molar refractivity (Wildman–Crippen MR) is 182 cm³/mol. The highest BCUT2D eigenvalue weighted by molar-refractivity contribution is 6.34. The summed E-state index contributed by atoms with van der Waals surface area (Å²) in [6.45, 7) is 9.08. The van der Waals surface area contributed by atoms with Gasteiger partial charge in [-0.05, 0) is 55.7 Å². The van der Waals surface area contributed by atoms with E-state index in [1.54, 1.807) is 37.3 Å². The lowest BCUT2D eigenvalue weighted by atomic mass is 9.77. The number of benzene rings is 3. The number of amides is 3. The Morgan fingerprint density at radius 3 is 2.44 bits per heavy atom. The molecule has 0 saturated carbocycles. The Bertz CT molecular complexity index is 1780. The van der Waals surface area contributed by atoms with E-state index in [1.807, 2.05) is 18.7 Å². The molecule has 0 radical (unpaired) electrons. The number of nitrogens with zero attached hydrogens (tertiary/aromatic N) is 3. The van der Waals surface area contributed by atoms with Crippen molar-refractivity contribution >= 4 is 45.8 Å². The van der Waals surface area contributed by atoms with E-state index >= 15 is 0 Å². The molecular weight excluding hydrogens is 641 g/mol. The van der Waals surface area contributed by atoms with E-state index in [9.17, 15) is 14.0 Å². The molecule has 4 aromatic rings. The molecule has 0 atom stereocenters. The second kappa shape index (κ2) is 15.5. The molecule has 1 spiro atoms. The van der Waals surface area contributed by atoms with E-state index in [-0.39, 0.29) is 40.9 Å². The van der Waals surface area contributed by atoms with Gasteiger partial charge in [0.05, 0.1) is 60.7 Å². The molecule has 2 aliphatic heterocycles. The summed E-state index contributed by atoms with van der Waals surface area (Å²) in [5, 5.41) is 5.84. The first-order valence-corrected chi connectivity index (χ1v) is 16.2. The van der Waals surface area contributed by atoms with Gasteiger partial charge in [0.15, 0.2) is 11.5 Å². The summed E-state index contributed by atoms with van der Waals surface area (Å²) in [4.78, 5) is 35.8. The first-order chi connectivity index (χ1) is 23.2. The Labute approximate surface area is 283 Å². The fourth-order valence-corrected chi connectivity index (χ4v) is 5.71. The van der Waals surface area contributed by atoms with Crippen LogP contribution in [-0.4, -0.2) is 66.8 Å². The normalized spacial score (nSPS) is 14.8. The van der Waals surface area contributed by atoms with Crippen molar-refractivity contribution in [1.82, 2.24) is 14.9 Å². The molecule has 13 heteroatoms. The van der Waals surface area contributed by atoms with Crippen LogP contribution in [0.3, 0.4) is 0 Å². The molecule has 254 valence electrons. The molecule has 3 aromatic carbocycles. The van der Waals surface area contributed by atoms with Crippen LogP contribution in [-0.2, 0) is 9.53 Å². The lowest BCUT2D eigenvalue weighted by Crippen LogP contribution is -2.52. The number of piperidine rings is 1. The zero-order chi connectivity index (χ0) is 34.3. The van der Waals surface area contributed by atoms with Crippen molar-refractivity contribution in [3.05, 3.63) is 71.3 Å². The van der Waals surface area contributed by atoms with Crippen LogP contribution < -0.4 is 24.8 Å². The fraction of sp³-hybridized carbons (Fsp3) is 0.371. The highest BCUT2D eigenvalue weighted by atomic mass is 35.5. The highest BCUT2D eigenvalue weighted by Crippen LogP contribution is 2.39. The smallest absolute Gasteiger partial charge is 0.323 e. The van der Waals surface area contributed by atoms with Crippen LogP contribution in [0, 0.1) is 18.2 Å². The van der Waals surface area contributed by atoms with Gasteiger partial charge >= 0.3 is 6.03 Å². The van der Waals surface area contributed by atoms with Crippen LogP contribution in [0.1, 0.15) is 38.7 Å². The Morgan fingerprint density at radius 2 is 1.75 bits per heavy atom. The third-order valence-electron chi connectivity index (χ3n) is 8.22. The number of likely N-dealkylation sites (tertiary alicyclic amines) is 1.